The number of aromatic nitrogens is 2. The lowest BCUT2D eigenvalue weighted by molar-refractivity contribution is 0.172. The summed E-state index contributed by atoms with van der Waals surface area (Å²) in [5.74, 6) is 0. The predicted octanol–water partition coefficient (Wildman–Crippen LogP) is 5.23. The number of allylic oxidation sites excluding steroid dienone is 1. The van der Waals surface area contributed by atoms with E-state index in [2.05, 4.69) is 51.0 Å². The molecule has 0 saturated carbocycles. The number of hydrogen-bond acceptors (Lipinski definition) is 5. The fourth-order valence-electron chi connectivity index (χ4n) is 2.76. The number of rotatable bonds is 3. The van der Waals surface area contributed by atoms with Crippen LogP contribution in [0.15, 0.2) is 18.2 Å². The Morgan fingerprint density at radius 3 is 2.62 bits per heavy atom. The Bertz CT molecular complexity index is 776. The highest BCUT2D eigenvalue weighted by Crippen LogP contribution is 2.39. The van der Waals surface area contributed by atoms with Crippen molar-refractivity contribution in [3.63, 3.8) is 0 Å². The van der Waals surface area contributed by atoms with E-state index in [9.17, 15) is 0 Å². The SMILES string of the molecule is CC(C)(C)[Si](C)(C)OC1CC=C(c2ccc3nc(N)sc3n2)CC1. The molecule has 0 amide bonds. The molecule has 0 spiro atoms. The minimum Gasteiger partial charge on any atom is -0.414 e. The summed E-state index contributed by atoms with van der Waals surface area (Å²) in [5.41, 5.74) is 9.03. The molecular weight excluding hydrogens is 334 g/mol. The maximum absolute atomic E-state index is 6.55. The average Bonchev–Trinajstić information content (AvgIpc) is 2.85. The molecule has 1 aliphatic carbocycles. The van der Waals surface area contributed by atoms with Crippen LogP contribution in [0.5, 0.6) is 0 Å². The van der Waals surface area contributed by atoms with Crippen LogP contribution in [-0.4, -0.2) is 24.4 Å². The van der Waals surface area contributed by atoms with Crippen LogP contribution in [0.2, 0.25) is 18.1 Å². The number of fused-ring (bicyclic) bond motifs is 1. The summed E-state index contributed by atoms with van der Waals surface area (Å²) in [6, 6.07) is 4.08. The molecule has 2 N–H and O–H groups in total. The van der Waals surface area contributed by atoms with Gasteiger partial charge < -0.3 is 10.2 Å². The third kappa shape index (κ3) is 3.55. The van der Waals surface area contributed by atoms with Crippen LogP contribution in [0.3, 0.4) is 0 Å². The van der Waals surface area contributed by atoms with Crippen LogP contribution in [0, 0.1) is 0 Å². The Kier molecular flexibility index (Phi) is 4.57. The third-order valence-corrected chi connectivity index (χ3v) is 10.6. The minimum absolute atomic E-state index is 0.260. The van der Waals surface area contributed by atoms with E-state index in [0.29, 0.717) is 11.2 Å². The molecule has 0 aromatic carbocycles. The number of nitrogens with two attached hydrogens (primary N) is 1. The molecule has 0 bridgehead atoms. The Hall–Kier alpha value is -1.24. The van der Waals surface area contributed by atoms with Gasteiger partial charge in [-0.1, -0.05) is 38.2 Å². The smallest absolute Gasteiger partial charge is 0.192 e. The summed E-state index contributed by atoms with van der Waals surface area (Å²) in [5, 5.41) is 0.838. The van der Waals surface area contributed by atoms with Crippen LogP contribution in [-0.2, 0) is 4.43 Å². The van der Waals surface area contributed by atoms with E-state index < -0.39 is 8.32 Å². The van der Waals surface area contributed by atoms with E-state index in [4.69, 9.17) is 15.1 Å². The molecule has 1 aliphatic rings. The van der Waals surface area contributed by atoms with Gasteiger partial charge in [0.15, 0.2) is 13.4 Å². The molecule has 2 heterocycles. The molecule has 130 valence electrons. The van der Waals surface area contributed by atoms with Gasteiger partial charge in [0.25, 0.3) is 0 Å². The van der Waals surface area contributed by atoms with Crippen molar-refractivity contribution >= 4 is 40.7 Å². The van der Waals surface area contributed by atoms with Crippen molar-refractivity contribution in [3.05, 3.63) is 23.9 Å². The average molecular weight is 362 g/mol. The number of thiazole rings is 1. The summed E-state index contributed by atoms with van der Waals surface area (Å²) >= 11 is 1.45. The molecule has 0 saturated heterocycles. The van der Waals surface area contributed by atoms with Crippen LogP contribution in [0.25, 0.3) is 15.9 Å². The van der Waals surface area contributed by atoms with Gasteiger partial charge in [0.05, 0.1) is 5.69 Å². The topological polar surface area (TPSA) is 61.0 Å². The molecule has 0 aliphatic heterocycles. The van der Waals surface area contributed by atoms with Crippen molar-refractivity contribution < 1.29 is 4.43 Å². The second-order valence-corrected chi connectivity index (χ2v) is 13.8. The third-order valence-electron chi connectivity index (χ3n) is 5.23. The van der Waals surface area contributed by atoms with Crippen molar-refractivity contribution in [2.75, 3.05) is 5.73 Å². The van der Waals surface area contributed by atoms with Crippen molar-refractivity contribution in [2.24, 2.45) is 0 Å². The van der Waals surface area contributed by atoms with E-state index in [1.165, 1.54) is 16.9 Å². The second-order valence-electron chi connectivity index (χ2n) is 8.08. The van der Waals surface area contributed by atoms with Gasteiger partial charge in [0.2, 0.25) is 0 Å². The predicted molar refractivity (Wildman–Crippen MR) is 106 cm³/mol. The highest BCUT2D eigenvalue weighted by molar-refractivity contribution is 7.21. The zero-order valence-electron chi connectivity index (χ0n) is 15.2. The second kappa shape index (κ2) is 6.24. The van der Waals surface area contributed by atoms with Crippen LogP contribution in [0.1, 0.15) is 45.7 Å². The van der Waals surface area contributed by atoms with Crippen molar-refractivity contribution in [1.29, 1.82) is 0 Å². The molecule has 0 radical (unpaired) electrons. The van der Waals surface area contributed by atoms with Gasteiger partial charge in [-0.25, -0.2) is 9.97 Å². The molecule has 6 heteroatoms. The van der Waals surface area contributed by atoms with Crippen molar-refractivity contribution in [2.45, 2.75) is 64.3 Å². The molecule has 24 heavy (non-hydrogen) atoms. The van der Waals surface area contributed by atoms with E-state index in [1.807, 2.05) is 6.07 Å². The van der Waals surface area contributed by atoms with Crippen molar-refractivity contribution in [1.82, 2.24) is 9.97 Å². The molecule has 3 rings (SSSR count). The lowest BCUT2D eigenvalue weighted by Gasteiger charge is -2.40. The number of nitrogens with zero attached hydrogens (tertiary/aromatic N) is 2. The van der Waals surface area contributed by atoms with Crippen LogP contribution >= 0.6 is 11.3 Å². The minimum atomic E-state index is -1.69. The van der Waals surface area contributed by atoms with Gasteiger partial charge in [-0.15, -0.1) is 0 Å². The molecular formula is C18H27N3OSSi. The summed E-state index contributed by atoms with van der Waals surface area (Å²) < 4.78 is 6.55. The van der Waals surface area contributed by atoms with Gasteiger partial charge in [0, 0.05) is 6.10 Å². The van der Waals surface area contributed by atoms with Gasteiger partial charge in [-0.3, -0.25) is 0 Å². The zero-order valence-corrected chi connectivity index (χ0v) is 17.0. The van der Waals surface area contributed by atoms with Gasteiger partial charge >= 0.3 is 0 Å². The monoisotopic (exact) mass is 361 g/mol. The molecule has 2 aromatic rings. The quantitative estimate of drug-likeness (QED) is 0.760. The first-order valence-corrected chi connectivity index (χ1v) is 12.3. The summed E-state index contributed by atoms with van der Waals surface area (Å²) in [7, 11) is -1.69. The lowest BCUT2D eigenvalue weighted by atomic mass is 9.95. The first kappa shape index (κ1) is 17.6. The number of anilines is 1. The molecule has 2 aromatic heterocycles. The highest BCUT2D eigenvalue weighted by atomic mass is 32.1. The van der Waals surface area contributed by atoms with E-state index in [1.54, 1.807) is 0 Å². The first-order chi connectivity index (χ1) is 11.2. The lowest BCUT2D eigenvalue weighted by Crippen LogP contribution is -2.44. The van der Waals surface area contributed by atoms with Crippen LogP contribution < -0.4 is 5.73 Å². The number of nitrogen functional groups attached to an aromatic ring is 1. The Morgan fingerprint density at radius 1 is 1.25 bits per heavy atom. The van der Waals surface area contributed by atoms with E-state index >= 15 is 0 Å². The largest absolute Gasteiger partial charge is 0.414 e. The Balaban J connectivity index is 1.72. The standard InChI is InChI=1S/C18H27N3OSSi/c1-18(2,3)24(4,5)22-13-8-6-12(7-9-13)14-10-11-15-16(20-14)23-17(19)21-15/h6,10-11,13H,7-9H2,1-5H3,(H2,19,21). The normalized spacial score (nSPS) is 19.5. The van der Waals surface area contributed by atoms with Gasteiger partial charge in [-0.2, -0.15) is 0 Å². The summed E-state index contributed by atoms with van der Waals surface area (Å²) in [6.45, 7) is 11.5. The maximum atomic E-state index is 6.55. The molecule has 4 nitrogen and oxygen atoms in total. The van der Waals surface area contributed by atoms with Crippen molar-refractivity contribution in [3.8, 4) is 0 Å². The fourth-order valence-corrected chi connectivity index (χ4v) is 4.86. The Labute approximate surface area is 149 Å². The number of hydrogen-bond donors (Lipinski definition) is 1. The van der Waals surface area contributed by atoms with Crippen LogP contribution in [0.4, 0.5) is 5.13 Å². The molecule has 1 atom stereocenters. The van der Waals surface area contributed by atoms with Gasteiger partial charge in [-0.05, 0) is 55.1 Å². The number of pyridine rings is 1. The van der Waals surface area contributed by atoms with E-state index in [0.717, 1.165) is 35.3 Å². The fraction of sp³-hybridized carbons (Fsp3) is 0.556. The highest BCUT2D eigenvalue weighted by Gasteiger charge is 2.39. The molecule has 1 unspecified atom stereocenters. The first-order valence-electron chi connectivity index (χ1n) is 8.56. The Morgan fingerprint density at radius 2 is 2.00 bits per heavy atom. The van der Waals surface area contributed by atoms with Gasteiger partial charge in [0.1, 0.15) is 10.3 Å². The zero-order chi connectivity index (χ0) is 17.5. The summed E-state index contributed by atoms with van der Waals surface area (Å²) in [6.07, 6.45) is 5.72. The molecule has 0 fully saturated rings. The van der Waals surface area contributed by atoms with E-state index in [-0.39, 0.29) is 5.04 Å². The maximum Gasteiger partial charge on any atom is 0.192 e. The summed E-state index contributed by atoms with van der Waals surface area (Å²) in [4.78, 5) is 9.93.